The predicted molar refractivity (Wildman–Crippen MR) is 66.2 cm³/mol. The van der Waals surface area contributed by atoms with Crippen LogP contribution in [0, 0.1) is 0 Å². The standard InChI is InChI=1S/C10H17N3O4S/c1-10(2,3)17-9(14)11-7-6-8(13(4)12-7)18(5,15)16/h6H,1-5H3,(H,11,12,14). The predicted octanol–water partition coefficient (Wildman–Crippen LogP) is 1.17. The molecule has 0 bridgehead atoms. The van der Waals surface area contributed by atoms with Crippen LogP contribution >= 0.6 is 0 Å². The molecule has 0 aliphatic heterocycles. The van der Waals surface area contributed by atoms with Crippen LogP contribution in [0.2, 0.25) is 0 Å². The van der Waals surface area contributed by atoms with Crippen molar-refractivity contribution in [2.45, 2.75) is 31.4 Å². The van der Waals surface area contributed by atoms with Gasteiger partial charge < -0.3 is 4.74 Å². The number of rotatable bonds is 2. The number of hydrogen-bond acceptors (Lipinski definition) is 5. The van der Waals surface area contributed by atoms with E-state index in [-0.39, 0.29) is 10.8 Å². The van der Waals surface area contributed by atoms with E-state index in [9.17, 15) is 13.2 Å². The maximum Gasteiger partial charge on any atom is 0.413 e. The quantitative estimate of drug-likeness (QED) is 0.875. The lowest BCUT2D eigenvalue weighted by Crippen LogP contribution is -2.27. The molecule has 0 radical (unpaired) electrons. The Morgan fingerprint density at radius 3 is 2.39 bits per heavy atom. The zero-order chi connectivity index (χ0) is 14.1. The van der Waals surface area contributed by atoms with Crippen molar-refractivity contribution in [1.82, 2.24) is 9.78 Å². The molecule has 1 amide bonds. The van der Waals surface area contributed by atoms with Gasteiger partial charge in [0.1, 0.15) is 5.60 Å². The molecular weight excluding hydrogens is 258 g/mol. The molecule has 102 valence electrons. The van der Waals surface area contributed by atoms with Gasteiger partial charge in [-0.25, -0.2) is 13.2 Å². The number of sulfone groups is 1. The van der Waals surface area contributed by atoms with Crippen LogP contribution < -0.4 is 5.32 Å². The molecule has 1 aromatic rings. The molecule has 0 saturated heterocycles. The van der Waals surface area contributed by atoms with E-state index in [4.69, 9.17) is 4.74 Å². The van der Waals surface area contributed by atoms with Gasteiger partial charge in [0.15, 0.2) is 20.7 Å². The lowest BCUT2D eigenvalue weighted by atomic mass is 10.2. The van der Waals surface area contributed by atoms with Crippen molar-refractivity contribution < 1.29 is 17.9 Å². The molecule has 0 aliphatic rings. The van der Waals surface area contributed by atoms with Crippen molar-refractivity contribution in [1.29, 1.82) is 0 Å². The minimum absolute atomic E-state index is 0.0218. The summed E-state index contributed by atoms with van der Waals surface area (Å²) in [5.74, 6) is 0.132. The largest absolute Gasteiger partial charge is 0.444 e. The van der Waals surface area contributed by atoms with E-state index in [0.29, 0.717) is 0 Å². The van der Waals surface area contributed by atoms with E-state index < -0.39 is 21.5 Å². The first-order chi connectivity index (χ1) is 7.99. The van der Waals surface area contributed by atoms with Crippen molar-refractivity contribution in [3.05, 3.63) is 6.07 Å². The number of anilines is 1. The first kappa shape index (κ1) is 14.5. The molecule has 0 aromatic carbocycles. The van der Waals surface area contributed by atoms with E-state index >= 15 is 0 Å². The number of aromatic nitrogens is 2. The molecule has 7 nitrogen and oxygen atoms in total. The van der Waals surface area contributed by atoms with Crippen molar-refractivity contribution >= 4 is 21.7 Å². The van der Waals surface area contributed by atoms with Gasteiger partial charge in [-0.1, -0.05) is 0 Å². The molecule has 0 saturated carbocycles. The molecule has 1 aromatic heterocycles. The zero-order valence-corrected chi connectivity index (χ0v) is 11.8. The highest BCUT2D eigenvalue weighted by Crippen LogP contribution is 2.15. The molecule has 0 atom stereocenters. The van der Waals surface area contributed by atoms with Gasteiger partial charge in [0.2, 0.25) is 0 Å². The lowest BCUT2D eigenvalue weighted by Gasteiger charge is -2.18. The Morgan fingerprint density at radius 2 is 2.00 bits per heavy atom. The number of carbonyl (C=O) groups excluding carboxylic acids is 1. The summed E-state index contributed by atoms with van der Waals surface area (Å²) in [6.45, 7) is 5.19. The van der Waals surface area contributed by atoms with Crippen molar-refractivity contribution in [3.8, 4) is 0 Å². The van der Waals surface area contributed by atoms with Crippen LogP contribution in [0.15, 0.2) is 11.1 Å². The van der Waals surface area contributed by atoms with Crippen LogP contribution in [0.3, 0.4) is 0 Å². The van der Waals surface area contributed by atoms with Crippen LogP contribution in [-0.4, -0.2) is 36.1 Å². The number of ether oxygens (including phenoxy) is 1. The molecule has 0 fully saturated rings. The fourth-order valence-corrected chi connectivity index (χ4v) is 2.11. The Morgan fingerprint density at radius 1 is 1.44 bits per heavy atom. The molecule has 0 unspecified atom stereocenters. The Kier molecular flexibility index (Phi) is 3.70. The molecule has 18 heavy (non-hydrogen) atoms. The average Bonchev–Trinajstić information content (AvgIpc) is 2.41. The van der Waals surface area contributed by atoms with Gasteiger partial charge in [-0.05, 0) is 20.8 Å². The van der Waals surface area contributed by atoms with E-state index in [2.05, 4.69) is 10.4 Å². The SMILES string of the molecule is Cn1nc(NC(=O)OC(C)(C)C)cc1S(C)(=O)=O. The summed E-state index contributed by atoms with van der Waals surface area (Å²) < 4.78 is 29.0. The van der Waals surface area contributed by atoms with Crippen molar-refractivity contribution in [3.63, 3.8) is 0 Å². The number of aryl methyl sites for hydroxylation is 1. The first-order valence-corrected chi connectivity index (χ1v) is 7.12. The van der Waals surface area contributed by atoms with Crippen LogP contribution in [0.1, 0.15) is 20.8 Å². The average molecular weight is 275 g/mol. The summed E-state index contributed by atoms with van der Waals surface area (Å²) in [4.78, 5) is 11.5. The highest BCUT2D eigenvalue weighted by atomic mass is 32.2. The number of carbonyl (C=O) groups is 1. The third-order valence-corrected chi connectivity index (χ3v) is 2.99. The zero-order valence-electron chi connectivity index (χ0n) is 11.0. The van der Waals surface area contributed by atoms with Crippen molar-refractivity contribution in [2.24, 2.45) is 7.05 Å². The van der Waals surface area contributed by atoms with Gasteiger partial charge >= 0.3 is 6.09 Å². The Balaban J connectivity index is 2.85. The van der Waals surface area contributed by atoms with Gasteiger partial charge in [0.05, 0.1) is 0 Å². The van der Waals surface area contributed by atoms with Gasteiger partial charge in [-0.3, -0.25) is 10.00 Å². The van der Waals surface area contributed by atoms with Gasteiger partial charge in [0.25, 0.3) is 0 Å². The minimum Gasteiger partial charge on any atom is -0.444 e. The number of hydrogen-bond donors (Lipinski definition) is 1. The minimum atomic E-state index is -3.38. The highest BCUT2D eigenvalue weighted by molar-refractivity contribution is 7.90. The second-order valence-corrected chi connectivity index (χ2v) is 6.85. The second kappa shape index (κ2) is 4.60. The van der Waals surface area contributed by atoms with Gasteiger partial charge in [-0.2, -0.15) is 5.10 Å². The monoisotopic (exact) mass is 275 g/mol. The maximum atomic E-state index is 11.5. The van der Waals surface area contributed by atoms with E-state index in [1.54, 1.807) is 20.8 Å². The molecule has 0 spiro atoms. The van der Waals surface area contributed by atoms with E-state index in [0.717, 1.165) is 6.26 Å². The van der Waals surface area contributed by atoms with Crippen LogP contribution in [0.25, 0.3) is 0 Å². The first-order valence-electron chi connectivity index (χ1n) is 5.23. The van der Waals surface area contributed by atoms with Crippen LogP contribution in [0.4, 0.5) is 10.6 Å². The summed E-state index contributed by atoms with van der Waals surface area (Å²) >= 11 is 0. The van der Waals surface area contributed by atoms with Crippen LogP contribution in [-0.2, 0) is 21.6 Å². The number of nitrogens with zero attached hydrogens (tertiary/aromatic N) is 2. The fraction of sp³-hybridized carbons (Fsp3) is 0.600. The van der Waals surface area contributed by atoms with E-state index in [1.165, 1.54) is 17.8 Å². The van der Waals surface area contributed by atoms with Crippen molar-refractivity contribution in [2.75, 3.05) is 11.6 Å². The third-order valence-electron chi connectivity index (χ3n) is 1.85. The molecular formula is C10H17N3O4S. The third kappa shape index (κ3) is 4.02. The molecule has 0 aliphatic carbocycles. The lowest BCUT2D eigenvalue weighted by molar-refractivity contribution is 0.0635. The van der Waals surface area contributed by atoms with Gasteiger partial charge in [-0.15, -0.1) is 0 Å². The topological polar surface area (TPSA) is 90.3 Å². The summed E-state index contributed by atoms with van der Waals surface area (Å²) in [6.07, 6.45) is 0.391. The summed E-state index contributed by atoms with van der Waals surface area (Å²) in [6, 6.07) is 1.28. The molecule has 8 heteroatoms. The molecule has 1 rings (SSSR count). The molecule has 1 N–H and O–H groups in total. The summed E-state index contributed by atoms with van der Waals surface area (Å²) in [5.41, 5.74) is -0.626. The summed E-state index contributed by atoms with van der Waals surface area (Å²) in [7, 11) is -1.89. The molecule has 1 heterocycles. The van der Waals surface area contributed by atoms with Crippen LogP contribution in [0.5, 0.6) is 0 Å². The smallest absolute Gasteiger partial charge is 0.413 e. The number of amides is 1. The Hall–Kier alpha value is -1.57. The summed E-state index contributed by atoms with van der Waals surface area (Å²) in [5, 5.41) is 6.27. The van der Waals surface area contributed by atoms with E-state index in [1.807, 2.05) is 0 Å². The second-order valence-electron chi connectivity index (χ2n) is 4.89. The van der Waals surface area contributed by atoms with Gasteiger partial charge in [0, 0.05) is 19.4 Å². The number of nitrogens with one attached hydrogen (secondary N) is 1. The normalized spacial score (nSPS) is 12.3. The Labute approximate surface area is 106 Å². The fourth-order valence-electron chi connectivity index (χ4n) is 1.27. The maximum absolute atomic E-state index is 11.5. The highest BCUT2D eigenvalue weighted by Gasteiger charge is 2.19. The Bertz CT molecular complexity index is 554.